The number of carbonyl (C=O) groups is 1. The molecular formula is C11H13NO3. The molecule has 0 aliphatic carbocycles. The summed E-state index contributed by atoms with van der Waals surface area (Å²) in [6, 6.07) is 5.56. The van der Waals surface area contributed by atoms with E-state index in [-0.39, 0.29) is 5.71 Å². The van der Waals surface area contributed by atoms with Gasteiger partial charge >= 0.3 is 5.97 Å². The van der Waals surface area contributed by atoms with Crippen LogP contribution >= 0.6 is 0 Å². The predicted octanol–water partition coefficient (Wildman–Crippen LogP) is 1.74. The third-order valence-corrected chi connectivity index (χ3v) is 2.03. The van der Waals surface area contributed by atoms with Crippen LogP contribution in [0.1, 0.15) is 16.7 Å². The Labute approximate surface area is 88.2 Å². The zero-order valence-electron chi connectivity index (χ0n) is 8.94. The molecule has 0 aliphatic rings. The van der Waals surface area contributed by atoms with Gasteiger partial charge in [-0.05, 0) is 25.5 Å². The Balaban J connectivity index is 3.28. The second-order valence-corrected chi connectivity index (χ2v) is 3.25. The summed E-state index contributed by atoms with van der Waals surface area (Å²) < 4.78 is 0. The first-order valence-electron chi connectivity index (χ1n) is 4.48. The van der Waals surface area contributed by atoms with E-state index in [1.165, 1.54) is 7.11 Å². The third kappa shape index (κ3) is 2.56. The number of carboxylic acids is 1. The molecule has 1 aromatic rings. The summed E-state index contributed by atoms with van der Waals surface area (Å²) in [7, 11) is 1.33. The Morgan fingerprint density at radius 1 is 1.40 bits per heavy atom. The van der Waals surface area contributed by atoms with Crippen molar-refractivity contribution in [1.82, 2.24) is 0 Å². The van der Waals surface area contributed by atoms with Gasteiger partial charge in [-0.15, -0.1) is 0 Å². The van der Waals surface area contributed by atoms with Crippen LogP contribution in [0.2, 0.25) is 0 Å². The third-order valence-electron chi connectivity index (χ3n) is 2.03. The Hall–Kier alpha value is -1.84. The van der Waals surface area contributed by atoms with Crippen molar-refractivity contribution in [3.05, 3.63) is 34.9 Å². The van der Waals surface area contributed by atoms with Gasteiger partial charge in [-0.2, -0.15) is 0 Å². The number of oxime groups is 1. The Morgan fingerprint density at radius 3 is 2.60 bits per heavy atom. The number of carboxylic acid groups (broad SMARTS) is 1. The topological polar surface area (TPSA) is 58.9 Å². The lowest BCUT2D eigenvalue weighted by molar-refractivity contribution is -0.129. The molecule has 0 fully saturated rings. The molecule has 0 aliphatic heterocycles. The lowest BCUT2D eigenvalue weighted by Crippen LogP contribution is -2.16. The maximum absolute atomic E-state index is 10.9. The van der Waals surface area contributed by atoms with E-state index in [2.05, 4.69) is 9.99 Å². The summed E-state index contributed by atoms with van der Waals surface area (Å²) in [5, 5.41) is 12.5. The summed E-state index contributed by atoms with van der Waals surface area (Å²) >= 11 is 0. The van der Waals surface area contributed by atoms with E-state index in [0.29, 0.717) is 5.56 Å². The molecule has 15 heavy (non-hydrogen) atoms. The Bertz CT molecular complexity index is 410. The van der Waals surface area contributed by atoms with Crippen LogP contribution in [0.4, 0.5) is 0 Å². The largest absolute Gasteiger partial charge is 0.476 e. The van der Waals surface area contributed by atoms with Gasteiger partial charge in [0.25, 0.3) is 0 Å². The standard InChI is InChI=1S/C11H13NO3/c1-7-4-5-8(2)9(6-7)10(11(13)14)12-15-3/h4-6H,1-3H3,(H,13,14)/b12-10-. The monoisotopic (exact) mass is 207 g/mol. The number of rotatable bonds is 3. The summed E-state index contributed by atoms with van der Waals surface area (Å²) in [6.07, 6.45) is 0. The molecule has 80 valence electrons. The normalized spacial score (nSPS) is 11.3. The maximum Gasteiger partial charge on any atom is 0.358 e. The van der Waals surface area contributed by atoms with Crippen LogP contribution < -0.4 is 0 Å². The quantitative estimate of drug-likeness (QED) is 0.606. The van der Waals surface area contributed by atoms with Gasteiger partial charge in [0.05, 0.1) is 0 Å². The smallest absolute Gasteiger partial charge is 0.358 e. The fourth-order valence-electron chi connectivity index (χ4n) is 1.29. The molecular weight excluding hydrogens is 194 g/mol. The van der Waals surface area contributed by atoms with Gasteiger partial charge < -0.3 is 9.94 Å². The van der Waals surface area contributed by atoms with Crippen LogP contribution in [0.25, 0.3) is 0 Å². The average molecular weight is 207 g/mol. The van der Waals surface area contributed by atoms with Crippen molar-refractivity contribution in [3.8, 4) is 0 Å². The van der Waals surface area contributed by atoms with E-state index in [1.54, 1.807) is 6.07 Å². The molecule has 0 saturated carbocycles. The number of benzene rings is 1. The van der Waals surface area contributed by atoms with E-state index < -0.39 is 5.97 Å². The van der Waals surface area contributed by atoms with Crippen molar-refractivity contribution in [2.45, 2.75) is 13.8 Å². The summed E-state index contributed by atoms with van der Waals surface area (Å²) in [4.78, 5) is 15.5. The molecule has 0 amide bonds. The molecule has 0 aromatic heterocycles. The minimum Gasteiger partial charge on any atom is -0.476 e. The molecule has 1 aromatic carbocycles. The molecule has 1 rings (SSSR count). The van der Waals surface area contributed by atoms with Crippen molar-refractivity contribution in [3.63, 3.8) is 0 Å². The first-order valence-corrected chi connectivity index (χ1v) is 4.48. The molecule has 0 radical (unpaired) electrons. The van der Waals surface area contributed by atoms with Crippen LogP contribution in [0.5, 0.6) is 0 Å². The zero-order chi connectivity index (χ0) is 11.4. The zero-order valence-corrected chi connectivity index (χ0v) is 8.94. The summed E-state index contributed by atoms with van der Waals surface area (Å²) in [5.74, 6) is -1.09. The van der Waals surface area contributed by atoms with Gasteiger partial charge in [-0.25, -0.2) is 4.79 Å². The fourth-order valence-corrected chi connectivity index (χ4v) is 1.29. The van der Waals surface area contributed by atoms with Crippen LogP contribution in [-0.2, 0) is 9.63 Å². The Kier molecular flexibility index (Phi) is 3.44. The van der Waals surface area contributed by atoms with Crippen LogP contribution in [0.3, 0.4) is 0 Å². The highest BCUT2D eigenvalue weighted by molar-refractivity contribution is 6.42. The van der Waals surface area contributed by atoms with E-state index in [0.717, 1.165) is 11.1 Å². The highest BCUT2D eigenvalue weighted by Gasteiger charge is 2.15. The van der Waals surface area contributed by atoms with E-state index >= 15 is 0 Å². The van der Waals surface area contributed by atoms with Crippen molar-refractivity contribution in [2.24, 2.45) is 5.16 Å². The molecule has 0 spiro atoms. The molecule has 4 nitrogen and oxygen atoms in total. The summed E-state index contributed by atoms with van der Waals surface area (Å²) in [5.41, 5.74) is 2.36. The highest BCUT2D eigenvalue weighted by atomic mass is 16.6. The molecule has 0 saturated heterocycles. The molecule has 0 unspecified atom stereocenters. The summed E-state index contributed by atoms with van der Waals surface area (Å²) in [6.45, 7) is 3.73. The van der Waals surface area contributed by atoms with E-state index in [4.69, 9.17) is 5.11 Å². The molecule has 0 bridgehead atoms. The molecule has 0 atom stereocenters. The minimum absolute atomic E-state index is 0.0706. The fraction of sp³-hybridized carbons (Fsp3) is 0.273. The molecule has 0 heterocycles. The van der Waals surface area contributed by atoms with E-state index in [1.807, 2.05) is 26.0 Å². The first kappa shape index (κ1) is 11.2. The van der Waals surface area contributed by atoms with Gasteiger partial charge in [0.15, 0.2) is 5.71 Å². The van der Waals surface area contributed by atoms with Crippen LogP contribution in [-0.4, -0.2) is 23.9 Å². The molecule has 1 N–H and O–H groups in total. The number of hydrogen-bond donors (Lipinski definition) is 1. The lowest BCUT2D eigenvalue weighted by atomic mass is 10.0. The second kappa shape index (κ2) is 4.59. The Morgan fingerprint density at radius 2 is 2.07 bits per heavy atom. The maximum atomic E-state index is 10.9. The first-order chi connectivity index (χ1) is 7.06. The van der Waals surface area contributed by atoms with E-state index in [9.17, 15) is 4.79 Å². The number of aryl methyl sites for hydroxylation is 2. The number of nitrogens with zero attached hydrogens (tertiary/aromatic N) is 1. The van der Waals surface area contributed by atoms with Gasteiger partial charge in [-0.3, -0.25) is 0 Å². The van der Waals surface area contributed by atoms with Crippen LogP contribution in [0, 0.1) is 13.8 Å². The van der Waals surface area contributed by atoms with Gasteiger partial charge in [0, 0.05) is 5.56 Å². The van der Waals surface area contributed by atoms with Gasteiger partial charge in [-0.1, -0.05) is 22.9 Å². The highest BCUT2D eigenvalue weighted by Crippen LogP contribution is 2.12. The van der Waals surface area contributed by atoms with Crippen molar-refractivity contribution in [1.29, 1.82) is 0 Å². The second-order valence-electron chi connectivity index (χ2n) is 3.25. The number of aliphatic carboxylic acids is 1. The van der Waals surface area contributed by atoms with Gasteiger partial charge in [0.2, 0.25) is 0 Å². The van der Waals surface area contributed by atoms with Crippen LogP contribution in [0.15, 0.2) is 23.4 Å². The predicted molar refractivity (Wildman–Crippen MR) is 57.1 cm³/mol. The average Bonchev–Trinajstić information content (AvgIpc) is 2.18. The van der Waals surface area contributed by atoms with Crippen molar-refractivity contribution >= 4 is 11.7 Å². The van der Waals surface area contributed by atoms with Crippen molar-refractivity contribution < 1.29 is 14.7 Å². The number of hydrogen-bond acceptors (Lipinski definition) is 3. The SMILES string of the molecule is CO/N=C(\C(=O)O)c1cc(C)ccc1C. The minimum atomic E-state index is -1.09. The van der Waals surface area contributed by atoms with Gasteiger partial charge in [0.1, 0.15) is 7.11 Å². The lowest BCUT2D eigenvalue weighted by Gasteiger charge is -2.05. The molecule has 4 heteroatoms. The van der Waals surface area contributed by atoms with Crippen molar-refractivity contribution in [2.75, 3.05) is 7.11 Å².